The van der Waals surface area contributed by atoms with E-state index in [1.165, 1.54) is 55.6 Å². The number of hydrogen-bond acceptors (Lipinski definition) is 3. The van der Waals surface area contributed by atoms with Crippen LogP contribution < -0.4 is 0 Å². The molecule has 3 aromatic heterocycles. The number of benzene rings is 2. The molecule has 262 valence electrons. The fourth-order valence-corrected chi connectivity index (χ4v) is 8.95. The van der Waals surface area contributed by atoms with Crippen LogP contribution in [-0.2, 0) is 25.7 Å². The number of allylic oxidation sites excluding steroid dienone is 4. The van der Waals surface area contributed by atoms with Crippen molar-refractivity contribution < 1.29 is 5.11 Å². The van der Waals surface area contributed by atoms with Gasteiger partial charge in [0, 0.05) is 33.2 Å². The molecule has 0 radical (unpaired) electrons. The van der Waals surface area contributed by atoms with Gasteiger partial charge in [0.1, 0.15) is 5.75 Å². The molecule has 5 heteroatoms. The maximum atomic E-state index is 11.9. The lowest BCUT2D eigenvalue weighted by molar-refractivity contribution is 0.478. The summed E-state index contributed by atoms with van der Waals surface area (Å²) in [7, 11) is 0. The molecule has 0 saturated heterocycles. The molecule has 51 heavy (non-hydrogen) atoms. The van der Waals surface area contributed by atoms with E-state index in [0.29, 0.717) is 0 Å². The minimum atomic E-state index is 0.251. The number of aromatic hydroxyl groups is 1. The predicted molar refractivity (Wildman–Crippen MR) is 218 cm³/mol. The highest BCUT2D eigenvalue weighted by Crippen LogP contribution is 2.49. The molecule has 0 fully saturated rings. The number of phenolic OH excluding ortho intramolecular Hbond substituents is 1. The van der Waals surface area contributed by atoms with E-state index in [1.54, 1.807) is 0 Å². The minimum absolute atomic E-state index is 0.251. The lowest BCUT2D eigenvalue weighted by atomic mass is 9.88. The number of nitrogens with one attached hydrogen (secondary N) is 2. The summed E-state index contributed by atoms with van der Waals surface area (Å²) in [6.45, 7) is 18.0. The van der Waals surface area contributed by atoms with Gasteiger partial charge >= 0.3 is 0 Å². The van der Waals surface area contributed by atoms with Gasteiger partial charge in [0.2, 0.25) is 0 Å². The predicted octanol–water partition coefficient (Wildman–Crippen LogP) is 12.6. The highest BCUT2D eigenvalue weighted by molar-refractivity contribution is 6.09. The second-order valence-corrected chi connectivity index (χ2v) is 13.7. The summed E-state index contributed by atoms with van der Waals surface area (Å²) in [5.41, 5.74) is 20.6. The first-order valence-electron chi connectivity index (χ1n) is 19.3. The molecular formula is C46H52N4O. The Labute approximate surface area is 302 Å². The van der Waals surface area contributed by atoms with Crippen molar-refractivity contribution in [1.29, 1.82) is 0 Å². The largest absolute Gasteiger partial charge is 0.507 e. The van der Waals surface area contributed by atoms with Gasteiger partial charge in [0.25, 0.3) is 0 Å². The summed E-state index contributed by atoms with van der Waals surface area (Å²) in [5.74, 6) is 0.251. The van der Waals surface area contributed by atoms with Crippen molar-refractivity contribution >= 4 is 55.1 Å². The van der Waals surface area contributed by atoms with Crippen LogP contribution in [0, 0.1) is 0 Å². The molecule has 0 amide bonds. The summed E-state index contributed by atoms with van der Waals surface area (Å²) in [6, 6.07) is 19.1. The monoisotopic (exact) mass is 676 g/mol. The molecule has 0 spiro atoms. The quantitative estimate of drug-likeness (QED) is 0.145. The van der Waals surface area contributed by atoms with Crippen molar-refractivity contribution in [3.63, 3.8) is 0 Å². The molecule has 5 aromatic rings. The van der Waals surface area contributed by atoms with Crippen LogP contribution >= 0.6 is 0 Å². The molecule has 0 saturated carbocycles. The fraction of sp³-hybridized carbons (Fsp3) is 0.348. The smallest absolute Gasteiger partial charge is 0.124 e. The zero-order valence-corrected chi connectivity index (χ0v) is 31.7. The summed E-state index contributed by atoms with van der Waals surface area (Å²) in [4.78, 5) is 18.9. The SMILES string of the molecule is CCC1=C(CC)c2nc1cc1[nH]c(cc3[nH]c(cc4nc(c2-c2c(O)ccc5ccccc25)C(CC)=C4CC)c(CC)c3CC)c(CC)c1CC. The van der Waals surface area contributed by atoms with Gasteiger partial charge in [-0.15, -0.1) is 0 Å². The topological polar surface area (TPSA) is 77.6 Å². The molecule has 0 atom stereocenters. The minimum Gasteiger partial charge on any atom is -0.507 e. The number of hydrogen-bond donors (Lipinski definition) is 3. The Bertz CT molecular complexity index is 2290. The van der Waals surface area contributed by atoms with Crippen molar-refractivity contribution in [2.45, 2.75) is 107 Å². The van der Waals surface area contributed by atoms with Gasteiger partial charge in [-0.25, -0.2) is 9.97 Å². The molecule has 8 bridgehead atoms. The van der Waals surface area contributed by atoms with E-state index in [-0.39, 0.29) is 5.75 Å². The van der Waals surface area contributed by atoms with Gasteiger partial charge in [-0.3, -0.25) is 0 Å². The maximum Gasteiger partial charge on any atom is 0.124 e. The molecule has 5 nitrogen and oxygen atoms in total. The molecule has 2 aliphatic rings. The van der Waals surface area contributed by atoms with Crippen LogP contribution in [0.2, 0.25) is 0 Å². The van der Waals surface area contributed by atoms with Gasteiger partial charge in [-0.1, -0.05) is 85.7 Å². The first-order chi connectivity index (χ1) is 24.8. The zero-order valence-electron chi connectivity index (χ0n) is 31.7. The van der Waals surface area contributed by atoms with E-state index in [2.05, 4.69) is 108 Å². The third kappa shape index (κ3) is 5.53. The van der Waals surface area contributed by atoms with Crippen molar-refractivity contribution in [2.24, 2.45) is 0 Å². The number of aryl methyl sites for hydroxylation is 4. The Morgan fingerprint density at radius 2 is 0.902 bits per heavy atom. The number of aromatic amines is 2. The summed E-state index contributed by atoms with van der Waals surface area (Å²) in [6.07, 6.45) is 7.12. The number of phenols is 1. The molecular weight excluding hydrogens is 625 g/mol. The third-order valence-electron chi connectivity index (χ3n) is 11.3. The van der Waals surface area contributed by atoms with Crippen molar-refractivity contribution in [3.8, 4) is 16.9 Å². The first kappa shape index (κ1) is 34.5. The Balaban J connectivity index is 1.81. The molecule has 3 N–H and O–H groups in total. The standard InChI is InChI=1S/C46H52N4O/c1-9-27-29(11-3)38-24-40-31(13-5)33(15-7)45(49-40)44(43-35-20-18-17-19-26(35)21-22-42(43)51)46-34(16-8)32(14-6)41(50-46)25-39-30(12-4)28(10-2)37(48-39)23-36(27)47-38/h17-25,47-48,51H,9-16H2,1-8H3. The van der Waals surface area contributed by atoms with Crippen molar-refractivity contribution in [3.05, 3.63) is 99.6 Å². The Morgan fingerprint density at radius 3 is 1.33 bits per heavy atom. The second kappa shape index (κ2) is 14.0. The first-order valence-corrected chi connectivity index (χ1v) is 19.3. The van der Waals surface area contributed by atoms with E-state index in [0.717, 1.165) is 107 Å². The number of aromatic nitrogens is 4. The third-order valence-corrected chi connectivity index (χ3v) is 11.3. The summed E-state index contributed by atoms with van der Waals surface area (Å²) in [5, 5.41) is 14.0. The Kier molecular flexibility index (Phi) is 9.50. The average molecular weight is 677 g/mol. The van der Waals surface area contributed by atoms with Crippen LogP contribution in [0.15, 0.2) is 54.6 Å². The van der Waals surface area contributed by atoms with Crippen LogP contribution in [0.5, 0.6) is 5.75 Å². The van der Waals surface area contributed by atoms with Gasteiger partial charge in [0.15, 0.2) is 0 Å². The fourth-order valence-electron chi connectivity index (χ4n) is 8.95. The normalized spacial score (nSPS) is 13.3. The van der Waals surface area contributed by atoms with Gasteiger partial charge in [-0.05, 0) is 131 Å². The summed E-state index contributed by atoms with van der Waals surface area (Å²) >= 11 is 0. The lowest BCUT2D eigenvalue weighted by Crippen LogP contribution is -1.96. The van der Waals surface area contributed by atoms with Gasteiger partial charge in [-0.2, -0.15) is 0 Å². The van der Waals surface area contributed by atoms with Crippen LogP contribution in [0.1, 0.15) is 126 Å². The average Bonchev–Trinajstić information content (AvgIpc) is 3.88. The highest BCUT2D eigenvalue weighted by atomic mass is 16.3. The number of rotatable bonds is 9. The van der Waals surface area contributed by atoms with E-state index in [9.17, 15) is 5.11 Å². The van der Waals surface area contributed by atoms with Crippen LogP contribution in [0.4, 0.5) is 0 Å². The van der Waals surface area contributed by atoms with Crippen molar-refractivity contribution in [2.75, 3.05) is 0 Å². The lowest BCUT2D eigenvalue weighted by Gasteiger charge is -2.16. The number of nitrogens with zero attached hydrogens (tertiary/aromatic N) is 2. The molecule has 2 aromatic carbocycles. The van der Waals surface area contributed by atoms with Crippen LogP contribution in [-0.4, -0.2) is 25.0 Å². The highest BCUT2D eigenvalue weighted by Gasteiger charge is 2.30. The van der Waals surface area contributed by atoms with Crippen LogP contribution in [0.3, 0.4) is 0 Å². The van der Waals surface area contributed by atoms with E-state index in [1.807, 2.05) is 12.1 Å². The van der Waals surface area contributed by atoms with E-state index in [4.69, 9.17) is 9.97 Å². The Hall–Kier alpha value is -4.90. The molecule has 2 aliphatic heterocycles. The van der Waals surface area contributed by atoms with Crippen molar-refractivity contribution in [1.82, 2.24) is 19.9 Å². The zero-order chi connectivity index (χ0) is 36.0. The number of H-pyrrole nitrogens is 2. The van der Waals surface area contributed by atoms with Crippen LogP contribution in [0.25, 0.3) is 66.3 Å². The van der Waals surface area contributed by atoms with E-state index >= 15 is 0 Å². The molecule has 7 rings (SSSR count). The van der Waals surface area contributed by atoms with Gasteiger partial charge < -0.3 is 15.1 Å². The van der Waals surface area contributed by atoms with E-state index < -0.39 is 0 Å². The summed E-state index contributed by atoms with van der Waals surface area (Å²) < 4.78 is 0. The Morgan fingerprint density at radius 1 is 0.471 bits per heavy atom. The van der Waals surface area contributed by atoms with Gasteiger partial charge in [0.05, 0.1) is 22.8 Å². The number of fused-ring (bicyclic) bond motifs is 9. The maximum absolute atomic E-state index is 11.9. The molecule has 0 unspecified atom stereocenters. The second-order valence-electron chi connectivity index (χ2n) is 13.7. The molecule has 5 heterocycles. The molecule has 0 aliphatic carbocycles.